The van der Waals surface area contributed by atoms with Gasteiger partial charge in [-0.05, 0) is 53.0 Å². The smallest absolute Gasteiger partial charge is 0.417 e. The van der Waals surface area contributed by atoms with Crippen LogP contribution in [0.2, 0.25) is 0 Å². The lowest BCUT2D eigenvalue weighted by Crippen LogP contribution is -2.53. The molecule has 6 atom stereocenters. The Balaban J connectivity index is 1.79. The summed E-state index contributed by atoms with van der Waals surface area (Å²) in [5.74, 6) is -1.04. The average molecular weight is 461 g/mol. The van der Waals surface area contributed by atoms with E-state index in [4.69, 9.17) is 14.2 Å². The predicted octanol–water partition coefficient (Wildman–Crippen LogP) is 4.53. The van der Waals surface area contributed by atoms with Gasteiger partial charge in [0.2, 0.25) is 5.91 Å². The van der Waals surface area contributed by atoms with Crippen molar-refractivity contribution in [2.24, 2.45) is 5.92 Å². The van der Waals surface area contributed by atoms with Gasteiger partial charge in [-0.2, -0.15) is 0 Å². The highest BCUT2D eigenvalue weighted by Gasteiger charge is 2.49. The van der Waals surface area contributed by atoms with Crippen LogP contribution in [0.4, 0.5) is 9.59 Å². The number of likely N-dealkylation sites (tertiary alicyclic amines) is 1. The van der Waals surface area contributed by atoms with Gasteiger partial charge in [-0.3, -0.25) is 9.69 Å². The molecule has 3 unspecified atom stereocenters. The number of benzene rings is 1. The first-order valence-corrected chi connectivity index (χ1v) is 11.6. The minimum Gasteiger partial charge on any atom is -0.444 e. The average Bonchev–Trinajstić information content (AvgIpc) is 3.26. The van der Waals surface area contributed by atoms with Crippen molar-refractivity contribution in [3.63, 3.8) is 0 Å². The molecule has 3 rings (SSSR count). The summed E-state index contributed by atoms with van der Waals surface area (Å²) in [6.45, 7) is 11.0. The Bertz CT molecular complexity index is 867. The van der Waals surface area contributed by atoms with Gasteiger partial charge < -0.3 is 14.2 Å². The van der Waals surface area contributed by atoms with Crippen molar-refractivity contribution in [2.45, 2.75) is 90.3 Å². The van der Waals surface area contributed by atoms with Gasteiger partial charge in [0, 0.05) is 13.2 Å². The number of carbonyl (C=O) groups is 3. The number of carbonyl (C=O) groups excluding carboxylic acids is 3. The number of hydrogen-bond donors (Lipinski definition) is 0. The van der Waals surface area contributed by atoms with Crippen LogP contribution in [0.1, 0.15) is 66.1 Å². The fraction of sp³-hybridized carbons (Fsp3) is 0.640. The molecule has 2 heterocycles. The van der Waals surface area contributed by atoms with Gasteiger partial charge in [0.25, 0.3) is 0 Å². The molecule has 8 nitrogen and oxygen atoms in total. The predicted molar refractivity (Wildman–Crippen MR) is 122 cm³/mol. The largest absolute Gasteiger partial charge is 0.444 e. The number of rotatable bonds is 5. The highest BCUT2D eigenvalue weighted by atomic mass is 16.6. The summed E-state index contributed by atoms with van der Waals surface area (Å²) in [6.07, 6.45) is -0.734. The molecule has 8 heteroatoms. The lowest BCUT2D eigenvalue weighted by Gasteiger charge is -2.37. The molecule has 2 aliphatic rings. The SMILES string of the molecule is COC(C(C)C(=O)N1C(=O)O[C@@H](c2ccccc2)[C@H]1C)C1CC[C@H](C)N1C(=O)OC(C)(C)C. The molecule has 0 N–H and O–H groups in total. The first kappa shape index (κ1) is 25.0. The molecule has 1 aromatic carbocycles. The molecular formula is C25H36N2O6. The van der Waals surface area contributed by atoms with Gasteiger partial charge in [-0.15, -0.1) is 0 Å². The van der Waals surface area contributed by atoms with Crippen LogP contribution < -0.4 is 0 Å². The molecule has 0 aliphatic carbocycles. The molecule has 2 saturated heterocycles. The summed E-state index contributed by atoms with van der Waals surface area (Å²) in [5.41, 5.74) is 0.208. The summed E-state index contributed by atoms with van der Waals surface area (Å²) in [5, 5.41) is 0. The van der Waals surface area contributed by atoms with Crippen molar-refractivity contribution in [3.05, 3.63) is 35.9 Å². The fourth-order valence-corrected chi connectivity index (χ4v) is 4.87. The van der Waals surface area contributed by atoms with E-state index in [1.54, 1.807) is 18.7 Å². The van der Waals surface area contributed by atoms with Gasteiger partial charge in [0.1, 0.15) is 11.7 Å². The van der Waals surface area contributed by atoms with E-state index in [9.17, 15) is 14.4 Å². The Kier molecular flexibility index (Phi) is 7.36. The van der Waals surface area contributed by atoms with E-state index >= 15 is 0 Å². The number of cyclic esters (lactones) is 1. The van der Waals surface area contributed by atoms with Crippen molar-refractivity contribution in [1.82, 2.24) is 9.80 Å². The zero-order chi connectivity index (χ0) is 24.5. The van der Waals surface area contributed by atoms with Crippen molar-refractivity contribution in [1.29, 1.82) is 0 Å². The first-order valence-electron chi connectivity index (χ1n) is 11.6. The van der Waals surface area contributed by atoms with E-state index < -0.39 is 42.0 Å². The quantitative estimate of drug-likeness (QED) is 0.642. The molecule has 2 aliphatic heterocycles. The fourth-order valence-electron chi connectivity index (χ4n) is 4.87. The van der Waals surface area contributed by atoms with E-state index in [1.165, 1.54) is 12.0 Å². The number of methoxy groups -OCH3 is 1. The molecule has 182 valence electrons. The molecule has 33 heavy (non-hydrogen) atoms. The van der Waals surface area contributed by atoms with Gasteiger partial charge in [-0.1, -0.05) is 37.3 Å². The molecular weight excluding hydrogens is 424 g/mol. The van der Waals surface area contributed by atoms with Crippen LogP contribution in [0.3, 0.4) is 0 Å². The second-order valence-electron chi connectivity index (χ2n) is 10.0. The topological polar surface area (TPSA) is 85.4 Å². The first-order chi connectivity index (χ1) is 15.5. The molecule has 1 aromatic rings. The van der Waals surface area contributed by atoms with Gasteiger partial charge in [0.15, 0.2) is 0 Å². The number of hydrogen-bond acceptors (Lipinski definition) is 6. The summed E-state index contributed by atoms with van der Waals surface area (Å²) >= 11 is 0. The third-order valence-electron chi connectivity index (χ3n) is 6.49. The summed E-state index contributed by atoms with van der Waals surface area (Å²) in [7, 11) is 1.53. The maximum absolute atomic E-state index is 13.5. The van der Waals surface area contributed by atoms with E-state index in [2.05, 4.69) is 0 Å². The van der Waals surface area contributed by atoms with Crippen LogP contribution in [-0.4, -0.2) is 64.8 Å². The number of nitrogens with zero attached hydrogens (tertiary/aromatic N) is 2. The number of amides is 3. The third-order valence-corrected chi connectivity index (χ3v) is 6.49. The van der Waals surface area contributed by atoms with E-state index in [-0.39, 0.29) is 18.0 Å². The van der Waals surface area contributed by atoms with Crippen LogP contribution in [0, 0.1) is 5.92 Å². The molecule has 0 saturated carbocycles. The Morgan fingerprint density at radius 2 is 1.76 bits per heavy atom. The van der Waals surface area contributed by atoms with Crippen LogP contribution in [0.25, 0.3) is 0 Å². The van der Waals surface area contributed by atoms with Gasteiger partial charge >= 0.3 is 12.2 Å². The molecule has 0 bridgehead atoms. The van der Waals surface area contributed by atoms with Gasteiger partial charge in [-0.25, -0.2) is 14.5 Å². The molecule has 0 radical (unpaired) electrons. The number of imide groups is 1. The summed E-state index contributed by atoms with van der Waals surface area (Å²) in [6, 6.07) is 8.55. The summed E-state index contributed by atoms with van der Waals surface area (Å²) in [4.78, 5) is 42.0. The van der Waals surface area contributed by atoms with E-state index in [0.717, 1.165) is 12.0 Å². The monoisotopic (exact) mass is 460 g/mol. The molecule has 0 spiro atoms. The highest BCUT2D eigenvalue weighted by Crippen LogP contribution is 2.36. The zero-order valence-electron chi connectivity index (χ0n) is 20.6. The zero-order valence-corrected chi connectivity index (χ0v) is 20.6. The van der Waals surface area contributed by atoms with E-state index in [1.807, 2.05) is 58.0 Å². The number of ether oxygens (including phenoxy) is 3. The lowest BCUT2D eigenvalue weighted by atomic mass is 9.93. The third kappa shape index (κ3) is 5.16. The van der Waals surface area contributed by atoms with Crippen LogP contribution >= 0.6 is 0 Å². The van der Waals surface area contributed by atoms with Crippen LogP contribution in [-0.2, 0) is 19.0 Å². The lowest BCUT2D eigenvalue weighted by molar-refractivity contribution is -0.139. The molecule has 2 fully saturated rings. The Morgan fingerprint density at radius 3 is 2.33 bits per heavy atom. The van der Waals surface area contributed by atoms with Crippen molar-refractivity contribution in [3.8, 4) is 0 Å². The van der Waals surface area contributed by atoms with Crippen LogP contribution in [0.15, 0.2) is 30.3 Å². The maximum Gasteiger partial charge on any atom is 0.417 e. The van der Waals surface area contributed by atoms with Crippen molar-refractivity contribution < 1.29 is 28.6 Å². The summed E-state index contributed by atoms with van der Waals surface area (Å²) < 4.78 is 16.9. The Morgan fingerprint density at radius 1 is 1.12 bits per heavy atom. The van der Waals surface area contributed by atoms with Crippen LogP contribution in [0.5, 0.6) is 0 Å². The Labute approximate surface area is 196 Å². The molecule has 3 amide bonds. The Hall–Kier alpha value is -2.61. The second kappa shape index (κ2) is 9.71. The van der Waals surface area contributed by atoms with Crippen molar-refractivity contribution >= 4 is 18.1 Å². The maximum atomic E-state index is 13.5. The minimum absolute atomic E-state index is 0.0389. The standard InChI is InChI=1S/C25H36N2O6/c1-15-13-14-19(26(15)24(30)33-25(4,5)6)20(31-7)16(2)22(28)27-17(3)21(32-23(27)29)18-11-9-8-10-12-18/h8-12,15-17,19-21H,13-14H2,1-7H3/t15-,16?,17+,19?,20?,21+/m0/s1. The highest BCUT2D eigenvalue weighted by molar-refractivity contribution is 5.95. The van der Waals surface area contributed by atoms with Gasteiger partial charge in [0.05, 0.1) is 24.1 Å². The normalized spacial score (nSPS) is 27.3. The minimum atomic E-state index is -0.667. The molecule has 0 aromatic heterocycles. The van der Waals surface area contributed by atoms with Crippen molar-refractivity contribution in [2.75, 3.05) is 7.11 Å². The van der Waals surface area contributed by atoms with E-state index in [0.29, 0.717) is 6.42 Å². The second-order valence-corrected chi connectivity index (χ2v) is 10.0.